The average Bonchev–Trinajstić information content (AvgIpc) is 2.45. The number of anilines is 2. The van der Waals surface area contributed by atoms with Crippen molar-refractivity contribution in [2.24, 2.45) is 0 Å². The van der Waals surface area contributed by atoms with Gasteiger partial charge < -0.3 is 11.5 Å². The van der Waals surface area contributed by atoms with E-state index in [1.807, 2.05) is 0 Å². The normalized spacial score (nSPS) is 11.0. The van der Waals surface area contributed by atoms with Crippen molar-refractivity contribution < 1.29 is 8.42 Å². The van der Waals surface area contributed by atoms with Crippen LogP contribution in [0.3, 0.4) is 0 Å². The lowest BCUT2D eigenvalue weighted by molar-refractivity contribution is 0.579. The molecule has 0 saturated carbocycles. The van der Waals surface area contributed by atoms with Crippen molar-refractivity contribution in [2.45, 2.75) is 24.7 Å². The molecule has 0 bridgehead atoms. The summed E-state index contributed by atoms with van der Waals surface area (Å²) in [7, 11) is -3.59. The lowest BCUT2D eigenvalue weighted by Gasteiger charge is -2.08. The van der Waals surface area contributed by atoms with Crippen molar-refractivity contribution in [1.82, 2.24) is 14.7 Å². The van der Waals surface area contributed by atoms with Gasteiger partial charge in [0.15, 0.2) is 0 Å². The van der Waals surface area contributed by atoms with Gasteiger partial charge in [0.1, 0.15) is 0 Å². The van der Waals surface area contributed by atoms with Gasteiger partial charge in [0, 0.05) is 23.5 Å². The Bertz CT molecular complexity index is 850. The number of hydrogen-bond acceptors (Lipinski definition) is 6. The van der Waals surface area contributed by atoms with Gasteiger partial charge in [-0.15, -0.1) is 12.4 Å². The van der Waals surface area contributed by atoms with E-state index in [-0.39, 0.29) is 35.4 Å². The Kier molecular flexibility index (Phi) is 6.76. The summed E-state index contributed by atoms with van der Waals surface area (Å²) in [6.07, 6.45) is 0.864. The van der Waals surface area contributed by atoms with Gasteiger partial charge in [-0.25, -0.2) is 18.1 Å². The maximum atomic E-state index is 12.1. The molecule has 8 nitrogen and oxygen atoms in total. The molecule has 0 amide bonds. The van der Waals surface area contributed by atoms with E-state index in [0.717, 1.165) is 0 Å². The number of aromatic nitrogens is 2. The third-order valence-corrected chi connectivity index (χ3v) is 4.80. The molecule has 0 fully saturated rings. The number of nitrogens with zero attached hydrogens (tertiary/aromatic N) is 1. The number of rotatable bonds is 6. The molecule has 10 heteroatoms. The Balaban J connectivity index is 0.00000288. The first-order valence-corrected chi connectivity index (χ1v) is 8.48. The Labute approximate surface area is 146 Å². The van der Waals surface area contributed by atoms with Crippen molar-refractivity contribution in [3.63, 3.8) is 0 Å². The molecule has 24 heavy (non-hydrogen) atoms. The number of sulfonamides is 1. The first-order chi connectivity index (χ1) is 10.8. The van der Waals surface area contributed by atoms with Gasteiger partial charge in [-0.05, 0) is 44.0 Å². The van der Waals surface area contributed by atoms with Crippen LogP contribution in [0.15, 0.2) is 34.0 Å². The topological polar surface area (TPSA) is 144 Å². The second kappa shape index (κ2) is 8.13. The second-order valence-electron chi connectivity index (χ2n) is 5.09. The van der Waals surface area contributed by atoms with Crippen molar-refractivity contribution >= 4 is 34.1 Å². The van der Waals surface area contributed by atoms with Crippen LogP contribution in [0.25, 0.3) is 0 Å². The Morgan fingerprint density at radius 3 is 2.42 bits per heavy atom. The molecule has 0 radical (unpaired) electrons. The fourth-order valence-electron chi connectivity index (χ4n) is 2.13. The molecule has 0 aliphatic carbocycles. The van der Waals surface area contributed by atoms with E-state index in [9.17, 15) is 13.2 Å². The minimum Gasteiger partial charge on any atom is -0.399 e. The standard InChI is InChI=1S/C14H19N5O3S.ClH/c1-9-12(13(20)19-14(16)18-9)3-2-8-17-23(21,22)11-6-4-10(15)5-7-11;/h4-7,17H,2-3,8,15H2,1H3,(H3,16,18,19,20);1H. The fourth-order valence-corrected chi connectivity index (χ4v) is 3.20. The van der Waals surface area contributed by atoms with E-state index in [0.29, 0.717) is 29.8 Å². The second-order valence-corrected chi connectivity index (χ2v) is 6.85. The van der Waals surface area contributed by atoms with Gasteiger partial charge in [-0.2, -0.15) is 0 Å². The lowest BCUT2D eigenvalue weighted by Crippen LogP contribution is -2.26. The zero-order valence-electron chi connectivity index (χ0n) is 13.1. The number of H-pyrrole nitrogens is 1. The number of nitrogens with one attached hydrogen (secondary N) is 2. The van der Waals surface area contributed by atoms with Crippen LogP contribution in [0.4, 0.5) is 11.6 Å². The summed E-state index contributed by atoms with van der Waals surface area (Å²) in [5.74, 6) is 0.0697. The van der Waals surface area contributed by atoms with E-state index in [2.05, 4.69) is 14.7 Å². The highest BCUT2D eigenvalue weighted by molar-refractivity contribution is 7.89. The fraction of sp³-hybridized carbons (Fsp3) is 0.286. The summed E-state index contributed by atoms with van der Waals surface area (Å²) in [6.45, 7) is 1.90. The number of halogens is 1. The minimum atomic E-state index is -3.59. The molecule has 0 unspecified atom stereocenters. The number of aryl methyl sites for hydroxylation is 1. The van der Waals surface area contributed by atoms with Gasteiger partial charge >= 0.3 is 0 Å². The van der Waals surface area contributed by atoms with Crippen LogP contribution < -0.4 is 21.7 Å². The SMILES string of the molecule is Cc1nc(N)[nH]c(=O)c1CCCNS(=O)(=O)c1ccc(N)cc1.Cl. The lowest BCUT2D eigenvalue weighted by atomic mass is 10.1. The minimum absolute atomic E-state index is 0. The van der Waals surface area contributed by atoms with Crippen molar-refractivity contribution in [3.05, 3.63) is 45.9 Å². The van der Waals surface area contributed by atoms with Crippen LogP contribution in [0, 0.1) is 6.92 Å². The quantitative estimate of drug-likeness (QED) is 0.430. The highest BCUT2D eigenvalue weighted by Crippen LogP contribution is 2.11. The molecule has 0 spiro atoms. The van der Waals surface area contributed by atoms with Crippen LogP contribution in [-0.4, -0.2) is 24.9 Å². The van der Waals surface area contributed by atoms with Crippen molar-refractivity contribution in [2.75, 3.05) is 18.0 Å². The van der Waals surface area contributed by atoms with Crippen LogP contribution in [0.5, 0.6) is 0 Å². The molecule has 0 aliphatic rings. The van der Waals surface area contributed by atoms with E-state index < -0.39 is 10.0 Å². The molecule has 0 saturated heterocycles. The van der Waals surface area contributed by atoms with Crippen LogP contribution >= 0.6 is 12.4 Å². The highest BCUT2D eigenvalue weighted by atomic mass is 35.5. The maximum absolute atomic E-state index is 12.1. The third kappa shape index (κ3) is 4.95. The zero-order valence-corrected chi connectivity index (χ0v) is 14.7. The Morgan fingerprint density at radius 1 is 1.21 bits per heavy atom. The summed E-state index contributed by atoms with van der Waals surface area (Å²) in [5, 5.41) is 0. The molecule has 0 atom stereocenters. The summed E-state index contributed by atoms with van der Waals surface area (Å²) < 4.78 is 26.7. The number of nitrogens with two attached hydrogens (primary N) is 2. The molecule has 1 aromatic carbocycles. The predicted molar refractivity (Wildman–Crippen MR) is 95.6 cm³/mol. The van der Waals surface area contributed by atoms with Crippen molar-refractivity contribution in [1.29, 1.82) is 0 Å². The molecule has 2 rings (SSSR count). The van der Waals surface area contributed by atoms with E-state index in [4.69, 9.17) is 11.5 Å². The molecule has 1 heterocycles. The van der Waals surface area contributed by atoms with Gasteiger partial charge in [0.2, 0.25) is 16.0 Å². The first kappa shape index (κ1) is 19.9. The highest BCUT2D eigenvalue weighted by Gasteiger charge is 2.13. The molecule has 2 aromatic rings. The number of benzene rings is 1. The number of nitrogen functional groups attached to an aromatic ring is 2. The molecular formula is C14H20ClN5O3S. The molecular weight excluding hydrogens is 354 g/mol. The predicted octanol–water partition coefficient (Wildman–Crippen LogP) is 0.576. The van der Waals surface area contributed by atoms with Crippen LogP contribution in [0.2, 0.25) is 0 Å². The Morgan fingerprint density at radius 2 is 1.83 bits per heavy atom. The summed E-state index contributed by atoms with van der Waals surface area (Å²) in [6, 6.07) is 5.93. The van der Waals surface area contributed by atoms with Gasteiger partial charge in [0.25, 0.3) is 5.56 Å². The summed E-state index contributed by atoms with van der Waals surface area (Å²) in [5.41, 5.74) is 12.2. The molecule has 6 N–H and O–H groups in total. The van der Waals surface area contributed by atoms with Crippen LogP contribution in [0.1, 0.15) is 17.7 Å². The molecule has 132 valence electrons. The average molecular weight is 374 g/mol. The first-order valence-electron chi connectivity index (χ1n) is 7.00. The van der Waals surface area contributed by atoms with Gasteiger partial charge in [-0.3, -0.25) is 9.78 Å². The van der Waals surface area contributed by atoms with Gasteiger partial charge in [0.05, 0.1) is 4.90 Å². The summed E-state index contributed by atoms with van der Waals surface area (Å²) in [4.78, 5) is 18.3. The monoisotopic (exact) mass is 373 g/mol. The van der Waals surface area contributed by atoms with E-state index in [1.165, 1.54) is 24.3 Å². The van der Waals surface area contributed by atoms with Crippen molar-refractivity contribution in [3.8, 4) is 0 Å². The molecule has 1 aromatic heterocycles. The third-order valence-electron chi connectivity index (χ3n) is 3.33. The zero-order chi connectivity index (χ0) is 17.0. The van der Waals surface area contributed by atoms with Gasteiger partial charge in [-0.1, -0.05) is 0 Å². The molecule has 0 aliphatic heterocycles. The smallest absolute Gasteiger partial charge is 0.255 e. The van der Waals surface area contributed by atoms with Crippen LogP contribution in [-0.2, 0) is 16.4 Å². The maximum Gasteiger partial charge on any atom is 0.255 e. The van der Waals surface area contributed by atoms with E-state index in [1.54, 1.807) is 6.92 Å². The largest absolute Gasteiger partial charge is 0.399 e. The summed E-state index contributed by atoms with van der Waals surface area (Å²) >= 11 is 0. The Hall–Kier alpha value is -2.10. The number of aromatic amines is 1. The number of hydrogen-bond donors (Lipinski definition) is 4. The van der Waals surface area contributed by atoms with E-state index >= 15 is 0 Å².